The molecule has 0 spiro atoms. The first-order valence-electron chi connectivity index (χ1n) is 6.83. The molecule has 98 valence electrons. The van der Waals surface area contributed by atoms with Gasteiger partial charge in [0.05, 0.1) is 16.7 Å². The molecule has 0 fully saturated rings. The van der Waals surface area contributed by atoms with Crippen molar-refractivity contribution in [2.24, 2.45) is 4.99 Å². The maximum atomic E-state index is 4.69. The molecule has 1 aliphatic rings. The van der Waals surface area contributed by atoms with Gasteiger partial charge in [-0.3, -0.25) is 4.99 Å². The van der Waals surface area contributed by atoms with Gasteiger partial charge >= 0.3 is 0 Å². The molecule has 0 bridgehead atoms. The van der Waals surface area contributed by atoms with Crippen molar-refractivity contribution < 1.29 is 0 Å². The second kappa shape index (κ2) is 4.04. The minimum Gasteiger partial charge on any atom is -0.338 e. The van der Waals surface area contributed by atoms with Crippen LogP contribution in [0.3, 0.4) is 0 Å². The minimum absolute atomic E-state index is 0.921. The van der Waals surface area contributed by atoms with Crippen molar-refractivity contribution in [2.45, 2.75) is 20.3 Å². The predicted octanol–water partition coefficient (Wildman–Crippen LogP) is 4.19. The van der Waals surface area contributed by atoms with Crippen molar-refractivity contribution in [1.29, 1.82) is 0 Å². The van der Waals surface area contributed by atoms with Crippen molar-refractivity contribution in [3.63, 3.8) is 0 Å². The first-order valence-corrected chi connectivity index (χ1v) is 6.83. The number of nitrogens with zero attached hydrogens (tertiary/aromatic N) is 2. The van der Waals surface area contributed by atoms with Crippen LogP contribution in [0.4, 0.5) is 5.69 Å². The zero-order valence-electron chi connectivity index (χ0n) is 11.6. The maximum absolute atomic E-state index is 4.69. The Morgan fingerprint density at radius 1 is 1.05 bits per heavy atom. The summed E-state index contributed by atoms with van der Waals surface area (Å²) >= 11 is 0. The van der Waals surface area contributed by atoms with Gasteiger partial charge in [-0.2, -0.15) is 0 Å². The van der Waals surface area contributed by atoms with Gasteiger partial charge < -0.3 is 4.98 Å². The minimum atomic E-state index is 0.921. The monoisotopic (exact) mass is 261 g/mol. The average molecular weight is 261 g/mol. The zero-order valence-corrected chi connectivity index (χ0v) is 11.6. The summed E-state index contributed by atoms with van der Waals surface area (Å²) in [6.45, 7) is 4.16. The molecule has 3 aromatic rings. The Morgan fingerprint density at radius 3 is 2.65 bits per heavy atom. The Morgan fingerprint density at radius 2 is 1.85 bits per heavy atom. The Hall–Kier alpha value is -2.42. The molecule has 1 N–H and O–H groups in total. The third kappa shape index (κ3) is 1.74. The van der Waals surface area contributed by atoms with E-state index in [0.29, 0.717) is 0 Å². The topological polar surface area (TPSA) is 41.0 Å². The number of aromatic nitrogens is 2. The lowest BCUT2D eigenvalue weighted by atomic mass is 10.1. The van der Waals surface area contributed by atoms with Gasteiger partial charge in [0.2, 0.25) is 0 Å². The molecule has 0 unspecified atom stereocenters. The number of benzene rings is 2. The first kappa shape index (κ1) is 11.4. The molecule has 0 saturated heterocycles. The van der Waals surface area contributed by atoms with E-state index >= 15 is 0 Å². The lowest BCUT2D eigenvalue weighted by Gasteiger charge is -1.96. The molecule has 0 saturated carbocycles. The second-order valence-corrected chi connectivity index (χ2v) is 5.47. The SMILES string of the molecule is CC1=Nc2cc3nc(-c4ccc(C)cc4)[nH]c3cc2C1. The highest BCUT2D eigenvalue weighted by molar-refractivity contribution is 5.95. The molecular weight excluding hydrogens is 246 g/mol. The van der Waals surface area contributed by atoms with E-state index in [1.54, 1.807) is 0 Å². The van der Waals surface area contributed by atoms with Crippen LogP contribution in [0.1, 0.15) is 18.1 Å². The second-order valence-electron chi connectivity index (χ2n) is 5.47. The van der Waals surface area contributed by atoms with Gasteiger partial charge in [-0.15, -0.1) is 0 Å². The predicted molar refractivity (Wildman–Crippen MR) is 82.7 cm³/mol. The smallest absolute Gasteiger partial charge is 0.138 e. The third-order valence-corrected chi connectivity index (χ3v) is 3.76. The largest absolute Gasteiger partial charge is 0.338 e. The molecule has 1 aliphatic heterocycles. The van der Waals surface area contributed by atoms with E-state index in [1.165, 1.54) is 16.8 Å². The van der Waals surface area contributed by atoms with Crippen LogP contribution in [0.25, 0.3) is 22.4 Å². The van der Waals surface area contributed by atoms with E-state index in [4.69, 9.17) is 4.98 Å². The summed E-state index contributed by atoms with van der Waals surface area (Å²) in [6, 6.07) is 12.7. The lowest BCUT2D eigenvalue weighted by Crippen LogP contribution is -1.88. The fraction of sp³-hybridized carbons (Fsp3) is 0.176. The fourth-order valence-corrected chi connectivity index (χ4v) is 2.71. The molecule has 0 radical (unpaired) electrons. The standard InChI is InChI=1S/C17H15N3/c1-10-3-5-12(6-4-10)17-19-15-8-13-7-11(2)18-14(13)9-16(15)20-17/h3-6,8-9H,7H2,1-2H3,(H,19,20). The van der Waals surface area contributed by atoms with Crippen LogP contribution in [0.2, 0.25) is 0 Å². The van der Waals surface area contributed by atoms with Gasteiger partial charge in [0, 0.05) is 17.7 Å². The number of nitrogens with one attached hydrogen (secondary N) is 1. The highest BCUT2D eigenvalue weighted by atomic mass is 14.9. The van der Waals surface area contributed by atoms with Crippen LogP contribution in [0.5, 0.6) is 0 Å². The molecule has 3 nitrogen and oxygen atoms in total. The number of imidazole rings is 1. The van der Waals surface area contributed by atoms with Crippen LogP contribution in [0, 0.1) is 6.92 Å². The van der Waals surface area contributed by atoms with E-state index in [2.05, 4.69) is 60.2 Å². The summed E-state index contributed by atoms with van der Waals surface area (Å²) < 4.78 is 0. The Bertz CT molecular complexity index is 839. The summed E-state index contributed by atoms with van der Waals surface area (Å²) in [7, 11) is 0. The highest BCUT2D eigenvalue weighted by Gasteiger charge is 2.14. The summed E-state index contributed by atoms with van der Waals surface area (Å²) in [5.41, 5.74) is 7.97. The molecule has 0 atom stereocenters. The van der Waals surface area contributed by atoms with Crippen molar-refractivity contribution in [3.8, 4) is 11.4 Å². The number of H-pyrrole nitrogens is 1. The summed E-state index contributed by atoms with van der Waals surface area (Å²) in [4.78, 5) is 12.7. The average Bonchev–Trinajstić information content (AvgIpc) is 2.97. The van der Waals surface area contributed by atoms with Gasteiger partial charge in [-0.25, -0.2) is 4.98 Å². The zero-order chi connectivity index (χ0) is 13.7. The van der Waals surface area contributed by atoms with E-state index in [-0.39, 0.29) is 0 Å². The molecule has 1 aromatic heterocycles. The number of rotatable bonds is 1. The van der Waals surface area contributed by atoms with Gasteiger partial charge in [0.15, 0.2) is 0 Å². The third-order valence-electron chi connectivity index (χ3n) is 3.76. The first-order chi connectivity index (χ1) is 9.69. The van der Waals surface area contributed by atoms with E-state index in [9.17, 15) is 0 Å². The molecule has 20 heavy (non-hydrogen) atoms. The fourth-order valence-electron chi connectivity index (χ4n) is 2.71. The molecule has 0 amide bonds. The number of hydrogen-bond donors (Lipinski definition) is 1. The Labute approximate surface area is 117 Å². The normalized spacial score (nSPS) is 13.6. The lowest BCUT2D eigenvalue weighted by molar-refractivity contribution is 1.33. The van der Waals surface area contributed by atoms with Crippen LogP contribution in [-0.4, -0.2) is 15.7 Å². The van der Waals surface area contributed by atoms with Gasteiger partial charge in [-0.1, -0.05) is 29.8 Å². The van der Waals surface area contributed by atoms with Crippen molar-refractivity contribution in [1.82, 2.24) is 9.97 Å². The summed E-state index contributed by atoms with van der Waals surface area (Å²) in [6.07, 6.45) is 0.949. The van der Waals surface area contributed by atoms with Crippen LogP contribution in [-0.2, 0) is 6.42 Å². The number of aromatic amines is 1. The molecule has 2 heterocycles. The summed E-state index contributed by atoms with van der Waals surface area (Å²) in [5, 5.41) is 0. The Kier molecular flexibility index (Phi) is 2.30. The molecular formula is C17H15N3. The van der Waals surface area contributed by atoms with E-state index < -0.39 is 0 Å². The van der Waals surface area contributed by atoms with Crippen molar-refractivity contribution in [3.05, 3.63) is 47.5 Å². The van der Waals surface area contributed by atoms with Crippen molar-refractivity contribution in [2.75, 3.05) is 0 Å². The molecule has 0 aliphatic carbocycles. The number of hydrogen-bond acceptors (Lipinski definition) is 2. The van der Waals surface area contributed by atoms with Crippen LogP contribution >= 0.6 is 0 Å². The molecule has 4 rings (SSSR count). The van der Waals surface area contributed by atoms with Crippen LogP contribution in [0.15, 0.2) is 41.4 Å². The van der Waals surface area contributed by atoms with Crippen molar-refractivity contribution >= 4 is 22.4 Å². The number of aliphatic imine (C=N–C) groups is 1. The van der Waals surface area contributed by atoms with E-state index in [1.807, 2.05) is 0 Å². The number of aryl methyl sites for hydroxylation is 1. The summed E-state index contributed by atoms with van der Waals surface area (Å²) in [5.74, 6) is 0.921. The maximum Gasteiger partial charge on any atom is 0.138 e. The van der Waals surface area contributed by atoms with E-state index in [0.717, 1.165) is 34.5 Å². The molecule has 2 aromatic carbocycles. The van der Waals surface area contributed by atoms with Crippen LogP contribution < -0.4 is 0 Å². The molecule has 3 heteroatoms. The number of fused-ring (bicyclic) bond motifs is 2. The van der Waals surface area contributed by atoms with Gasteiger partial charge in [0.25, 0.3) is 0 Å². The van der Waals surface area contributed by atoms with Gasteiger partial charge in [-0.05, 0) is 31.5 Å². The quantitative estimate of drug-likeness (QED) is 0.701. The highest BCUT2D eigenvalue weighted by Crippen LogP contribution is 2.31. The van der Waals surface area contributed by atoms with Gasteiger partial charge in [0.1, 0.15) is 5.82 Å². The Balaban J connectivity index is 1.85.